The lowest BCUT2D eigenvalue weighted by atomic mass is 9.99. The van der Waals surface area contributed by atoms with Crippen molar-refractivity contribution in [1.29, 1.82) is 5.26 Å². The first-order valence-corrected chi connectivity index (χ1v) is 8.42. The molecule has 27 heavy (non-hydrogen) atoms. The van der Waals surface area contributed by atoms with E-state index >= 15 is 0 Å². The highest BCUT2D eigenvalue weighted by molar-refractivity contribution is 6.30. The third-order valence-corrected chi connectivity index (χ3v) is 4.52. The summed E-state index contributed by atoms with van der Waals surface area (Å²) >= 11 is 6.02. The average Bonchev–Trinajstić information content (AvgIpc) is 3.15. The van der Waals surface area contributed by atoms with Crippen LogP contribution >= 0.6 is 11.6 Å². The molecule has 0 amide bonds. The first kappa shape index (κ1) is 17.0. The van der Waals surface area contributed by atoms with Crippen LogP contribution in [0.1, 0.15) is 24.1 Å². The van der Waals surface area contributed by atoms with Gasteiger partial charge in [-0.2, -0.15) is 5.26 Å². The van der Waals surface area contributed by atoms with E-state index in [1.165, 1.54) is 18.5 Å². The highest BCUT2D eigenvalue weighted by Gasteiger charge is 2.19. The minimum Gasteiger partial charge on any atom is -0.346 e. The maximum absolute atomic E-state index is 14.3. The van der Waals surface area contributed by atoms with Gasteiger partial charge in [0, 0.05) is 23.2 Å². The number of nitriles is 1. The number of H-pyrrole nitrogens is 2. The van der Waals surface area contributed by atoms with Crippen molar-refractivity contribution in [3.8, 4) is 6.07 Å². The molecule has 7 nitrogen and oxygen atoms in total. The fourth-order valence-electron chi connectivity index (χ4n) is 2.91. The minimum atomic E-state index is -0.570. The molecule has 0 spiro atoms. The first-order chi connectivity index (χ1) is 13.1. The van der Waals surface area contributed by atoms with Crippen LogP contribution in [0.25, 0.3) is 16.6 Å². The molecule has 0 saturated heterocycles. The van der Waals surface area contributed by atoms with Crippen LogP contribution in [0, 0.1) is 11.3 Å². The third-order valence-electron chi connectivity index (χ3n) is 4.23. The van der Waals surface area contributed by atoms with Crippen LogP contribution < -0.4 is 10.9 Å². The number of fused-ring (bicyclic) bond motifs is 1. The van der Waals surface area contributed by atoms with Gasteiger partial charge in [0.2, 0.25) is 0 Å². The van der Waals surface area contributed by atoms with Crippen LogP contribution in [0.15, 0.2) is 46.4 Å². The van der Waals surface area contributed by atoms with E-state index < -0.39 is 11.4 Å². The predicted molar refractivity (Wildman–Crippen MR) is 100 cm³/mol. The Hall–Kier alpha value is -3.44. The summed E-state index contributed by atoms with van der Waals surface area (Å²) < 4.78 is 14.3. The number of aromatic amines is 2. The summed E-state index contributed by atoms with van der Waals surface area (Å²) in [4.78, 5) is 26.1. The van der Waals surface area contributed by atoms with E-state index in [0.717, 1.165) is 0 Å². The Bertz CT molecular complexity index is 1220. The molecule has 0 aliphatic heterocycles. The number of nitrogens with zero attached hydrogens (tertiary/aromatic N) is 3. The molecule has 9 heteroatoms. The average molecular weight is 383 g/mol. The summed E-state index contributed by atoms with van der Waals surface area (Å²) in [7, 11) is 0. The van der Waals surface area contributed by atoms with Crippen molar-refractivity contribution in [2.75, 3.05) is 5.32 Å². The quantitative estimate of drug-likeness (QED) is 0.637. The molecule has 0 aromatic carbocycles. The van der Waals surface area contributed by atoms with Crippen LogP contribution in [-0.4, -0.2) is 19.9 Å². The van der Waals surface area contributed by atoms with Gasteiger partial charge in [0.15, 0.2) is 0 Å². The molecule has 3 aromatic rings. The summed E-state index contributed by atoms with van der Waals surface area (Å²) in [6.45, 7) is 0. The lowest BCUT2D eigenvalue weighted by Gasteiger charge is -2.14. The van der Waals surface area contributed by atoms with Crippen LogP contribution in [0.4, 0.5) is 15.9 Å². The lowest BCUT2D eigenvalue weighted by molar-refractivity contribution is 0.590. The van der Waals surface area contributed by atoms with Crippen LogP contribution in [0.5, 0.6) is 0 Å². The molecular formula is C18H12ClFN6O. The minimum absolute atomic E-state index is 0.0120. The summed E-state index contributed by atoms with van der Waals surface area (Å²) in [6, 6.07) is 5.14. The molecule has 0 radical (unpaired) electrons. The molecule has 0 saturated carbocycles. The number of anilines is 2. The van der Waals surface area contributed by atoms with Gasteiger partial charge in [-0.05, 0) is 24.6 Å². The third kappa shape index (κ3) is 3.09. The topological polar surface area (TPSA) is 110 Å². The van der Waals surface area contributed by atoms with E-state index in [9.17, 15) is 14.4 Å². The summed E-state index contributed by atoms with van der Waals surface area (Å²) in [5, 5.41) is 13.6. The Labute approximate surface area is 157 Å². The van der Waals surface area contributed by atoms with E-state index in [0.29, 0.717) is 34.0 Å². The van der Waals surface area contributed by atoms with Crippen molar-refractivity contribution in [2.45, 2.75) is 12.8 Å². The van der Waals surface area contributed by atoms with E-state index in [-0.39, 0.29) is 23.3 Å². The van der Waals surface area contributed by atoms with Crippen molar-refractivity contribution in [2.24, 2.45) is 0 Å². The van der Waals surface area contributed by atoms with Crippen molar-refractivity contribution in [3.05, 3.63) is 63.2 Å². The Balaban J connectivity index is 1.85. The van der Waals surface area contributed by atoms with Crippen molar-refractivity contribution >= 4 is 39.7 Å². The molecule has 0 fully saturated rings. The number of halogens is 2. The SMILES string of the molecule is N#Cc1[nH]c(=O)c(C2=C(F)CCC(Cl)=C2)cc1Nc1ncnc2[nH]ccc12. The number of aromatic nitrogens is 4. The van der Waals surface area contributed by atoms with Gasteiger partial charge in [-0.25, -0.2) is 14.4 Å². The van der Waals surface area contributed by atoms with Gasteiger partial charge in [-0.3, -0.25) is 4.79 Å². The second-order valence-electron chi connectivity index (χ2n) is 5.91. The van der Waals surface area contributed by atoms with Gasteiger partial charge < -0.3 is 15.3 Å². The lowest BCUT2D eigenvalue weighted by Crippen LogP contribution is -2.16. The van der Waals surface area contributed by atoms with Crippen molar-refractivity contribution in [3.63, 3.8) is 0 Å². The van der Waals surface area contributed by atoms with Gasteiger partial charge in [-0.1, -0.05) is 11.6 Å². The highest BCUT2D eigenvalue weighted by atomic mass is 35.5. The molecule has 3 heterocycles. The van der Waals surface area contributed by atoms with E-state index in [2.05, 4.69) is 25.3 Å². The van der Waals surface area contributed by atoms with Gasteiger partial charge in [0.25, 0.3) is 5.56 Å². The van der Waals surface area contributed by atoms with Crippen LogP contribution in [0.3, 0.4) is 0 Å². The summed E-state index contributed by atoms with van der Waals surface area (Å²) in [5.74, 6) is 0.0260. The Morgan fingerprint density at radius 3 is 3.00 bits per heavy atom. The fraction of sp³-hybridized carbons (Fsp3) is 0.111. The number of allylic oxidation sites excluding steroid dienone is 4. The van der Waals surface area contributed by atoms with Gasteiger partial charge in [0.05, 0.1) is 16.6 Å². The maximum atomic E-state index is 14.3. The monoisotopic (exact) mass is 382 g/mol. The predicted octanol–water partition coefficient (Wildman–Crippen LogP) is 3.86. The molecule has 3 aromatic heterocycles. The molecule has 4 rings (SSSR count). The zero-order chi connectivity index (χ0) is 19.0. The normalized spacial score (nSPS) is 14.2. The molecule has 1 aliphatic rings. The van der Waals surface area contributed by atoms with Gasteiger partial charge in [-0.15, -0.1) is 0 Å². The molecule has 0 unspecified atom stereocenters. The maximum Gasteiger partial charge on any atom is 0.257 e. The Kier molecular flexibility index (Phi) is 4.22. The molecule has 0 atom stereocenters. The fourth-order valence-corrected chi connectivity index (χ4v) is 3.12. The first-order valence-electron chi connectivity index (χ1n) is 8.04. The second kappa shape index (κ2) is 6.70. The zero-order valence-electron chi connectivity index (χ0n) is 13.8. The van der Waals surface area contributed by atoms with Gasteiger partial charge >= 0.3 is 0 Å². The number of hydrogen-bond donors (Lipinski definition) is 3. The highest BCUT2D eigenvalue weighted by Crippen LogP contribution is 2.33. The Morgan fingerprint density at radius 2 is 2.19 bits per heavy atom. The molecule has 3 N–H and O–H groups in total. The molecule has 134 valence electrons. The van der Waals surface area contributed by atoms with Crippen molar-refractivity contribution < 1.29 is 4.39 Å². The van der Waals surface area contributed by atoms with Crippen LogP contribution in [-0.2, 0) is 0 Å². The number of rotatable bonds is 3. The van der Waals surface area contributed by atoms with Gasteiger partial charge in [0.1, 0.15) is 35.4 Å². The zero-order valence-corrected chi connectivity index (χ0v) is 14.6. The largest absolute Gasteiger partial charge is 0.346 e. The van der Waals surface area contributed by atoms with Crippen molar-refractivity contribution in [1.82, 2.24) is 19.9 Å². The number of hydrogen-bond acceptors (Lipinski definition) is 5. The molecule has 0 bridgehead atoms. The molecular weight excluding hydrogens is 371 g/mol. The van der Waals surface area contributed by atoms with E-state index in [1.54, 1.807) is 12.3 Å². The smallest absolute Gasteiger partial charge is 0.257 e. The number of pyridine rings is 1. The van der Waals surface area contributed by atoms with E-state index in [1.807, 2.05) is 6.07 Å². The van der Waals surface area contributed by atoms with Crippen LogP contribution in [0.2, 0.25) is 0 Å². The number of nitrogens with one attached hydrogen (secondary N) is 3. The Morgan fingerprint density at radius 1 is 1.33 bits per heavy atom. The second-order valence-corrected chi connectivity index (χ2v) is 6.40. The van der Waals surface area contributed by atoms with E-state index in [4.69, 9.17) is 11.6 Å². The standard InChI is InChI=1S/C18H12ClFN6O/c19-9-1-2-13(20)11(5-9)12-6-14(15(7-21)26-18(12)27)25-17-10-3-4-22-16(10)23-8-24-17/h3-6,8H,1-2H2,(H,26,27)(H2,22,23,24,25). The summed E-state index contributed by atoms with van der Waals surface area (Å²) in [6.07, 6.45) is 5.04. The molecule has 1 aliphatic carbocycles. The summed E-state index contributed by atoms with van der Waals surface area (Å²) in [5.41, 5.74) is 0.563.